The molecule has 1 N–H and O–H groups in total. The van der Waals surface area contributed by atoms with Crippen molar-refractivity contribution in [1.29, 1.82) is 0 Å². The van der Waals surface area contributed by atoms with Crippen LogP contribution in [0.2, 0.25) is 0 Å². The number of aromatic nitrogens is 2. The topological polar surface area (TPSA) is 64.0 Å². The maximum Gasteiger partial charge on any atom is 0.244 e. The third-order valence-corrected chi connectivity index (χ3v) is 4.32. The van der Waals surface area contributed by atoms with E-state index in [4.69, 9.17) is 0 Å². The molecule has 0 aliphatic rings. The zero-order chi connectivity index (χ0) is 14.0. The van der Waals surface area contributed by atoms with E-state index in [1.807, 2.05) is 30.3 Å². The van der Waals surface area contributed by atoms with E-state index >= 15 is 0 Å². The van der Waals surface area contributed by atoms with Crippen LogP contribution in [0.25, 0.3) is 5.69 Å². The van der Waals surface area contributed by atoms with E-state index in [0.29, 0.717) is 5.69 Å². The Balaban J connectivity index is 2.43. The second-order valence-corrected chi connectivity index (χ2v) is 6.32. The van der Waals surface area contributed by atoms with Crippen LogP contribution >= 0.6 is 0 Å². The Morgan fingerprint density at radius 3 is 2.42 bits per heavy atom. The lowest BCUT2D eigenvalue weighted by atomic mass is 10.3. The lowest BCUT2D eigenvalue weighted by molar-refractivity contribution is 0.569. The molecule has 1 aromatic carbocycles. The number of para-hydroxylation sites is 1. The fourth-order valence-electron chi connectivity index (χ4n) is 1.79. The third kappa shape index (κ3) is 3.02. The van der Waals surface area contributed by atoms with E-state index in [-0.39, 0.29) is 10.9 Å². The Morgan fingerprint density at radius 1 is 1.21 bits per heavy atom. The van der Waals surface area contributed by atoms with Gasteiger partial charge in [0.05, 0.1) is 17.6 Å². The number of hydrogen-bond donors (Lipinski definition) is 1. The Bertz CT molecular complexity index is 660. The lowest BCUT2D eigenvalue weighted by Gasteiger charge is -2.07. The molecule has 102 valence electrons. The molecule has 5 nitrogen and oxygen atoms in total. The van der Waals surface area contributed by atoms with Crippen molar-refractivity contribution in [3.05, 3.63) is 42.2 Å². The van der Waals surface area contributed by atoms with Crippen molar-refractivity contribution in [3.8, 4) is 5.69 Å². The lowest BCUT2D eigenvalue weighted by Crippen LogP contribution is -2.30. The fourth-order valence-corrected chi connectivity index (χ4v) is 3.21. The molecule has 0 unspecified atom stereocenters. The predicted octanol–water partition coefficient (Wildman–Crippen LogP) is 1.87. The number of nitrogens with one attached hydrogen (secondary N) is 1. The number of sulfonamides is 1. The smallest absolute Gasteiger partial charge is 0.239 e. The Morgan fingerprint density at radius 2 is 1.84 bits per heavy atom. The van der Waals surface area contributed by atoms with Crippen LogP contribution in [0.4, 0.5) is 0 Å². The summed E-state index contributed by atoms with van der Waals surface area (Å²) in [5, 5.41) is 4.25. The zero-order valence-corrected chi connectivity index (χ0v) is 12.0. The van der Waals surface area contributed by atoms with Gasteiger partial charge in [-0.05, 0) is 32.9 Å². The van der Waals surface area contributed by atoms with Crippen LogP contribution in [-0.2, 0) is 10.0 Å². The second kappa shape index (κ2) is 5.14. The monoisotopic (exact) mass is 279 g/mol. The van der Waals surface area contributed by atoms with Crippen LogP contribution < -0.4 is 4.72 Å². The van der Waals surface area contributed by atoms with Crippen LogP contribution in [0.5, 0.6) is 0 Å². The van der Waals surface area contributed by atoms with Gasteiger partial charge in [0.15, 0.2) is 0 Å². The van der Waals surface area contributed by atoms with Gasteiger partial charge in [-0.3, -0.25) is 0 Å². The molecule has 1 heterocycles. The van der Waals surface area contributed by atoms with Crippen molar-refractivity contribution in [2.24, 2.45) is 0 Å². The molecular formula is C13H17N3O2S. The molecule has 0 saturated heterocycles. The summed E-state index contributed by atoms with van der Waals surface area (Å²) < 4.78 is 28.4. The fraction of sp³-hybridized carbons (Fsp3) is 0.308. The minimum Gasteiger partial charge on any atom is -0.239 e. The molecule has 0 amide bonds. The van der Waals surface area contributed by atoms with Crippen molar-refractivity contribution < 1.29 is 8.42 Å². The van der Waals surface area contributed by atoms with Gasteiger partial charge in [0.2, 0.25) is 10.0 Å². The first-order valence-electron chi connectivity index (χ1n) is 6.04. The van der Waals surface area contributed by atoms with Gasteiger partial charge in [0.25, 0.3) is 0 Å². The number of hydrogen-bond acceptors (Lipinski definition) is 3. The van der Waals surface area contributed by atoms with Crippen molar-refractivity contribution in [2.45, 2.75) is 31.7 Å². The molecule has 0 aliphatic carbocycles. The number of rotatable bonds is 4. The van der Waals surface area contributed by atoms with Gasteiger partial charge < -0.3 is 0 Å². The predicted molar refractivity (Wildman–Crippen MR) is 73.8 cm³/mol. The van der Waals surface area contributed by atoms with Gasteiger partial charge in [-0.25, -0.2) is 17.8 Å². The number of nitrogens with zero attached hydrogens (tertiary/aromatic N) is 2. The maximum atomic E-state index is 12.1. The maximum absolute atomic E-state index is 12.1. The minimum absolute atomic E-state index is 0.149. The van der Waals surface area contributed by atoms with Crippen LogP contribution in [0.15, 0.2) is 41.4 Å². The SMILES string of the molecule is Cc1nn(-c2ccccc2)cc1S(=O)(=O)NC(C)C. The zero-order valence-electron chi connectivity index (χ0n) is 11.2. The summed E-state index contributed by atoms with van der Waals surface area (Å²) in [4.78, 5) is 0.213. The molecular weight excluding hydrogens is 262 g/mol. The average molecular weight is 279 g/mol. The Kier molecular flexibility index (Phi) is 3.73. The van der Waals surface area contributed by atoms with E-state index < -0.39 is 10.0 Å². The molecule has 0 bridgehead atoms. The summed E-state index contributed by atoms with van der Waals surface area (Å²) >= 11 is 0. The van der Waals surface area contributed by atoms with Gasteiger partial charge >= 0.3 is 0 Å². The highest BCUT2D eigenvalue weighted by Gasteiger charge is 2.21. The summed E-state index contributed by atoms with van der Waals surface area (Å²) in [6.45, 7) is 5.26. The van der Waals surface area contributed by atoms with E-state index in [0.717, 1.165) is 5.69 Å². The Hall–Kier alpha value is -1.66. The van der Waals surface area contributed by atoms with Crippen molar-refractivity contribution in [1.82, 2.24) is 14.5 Å². The molecule has 0 fully saturated rings. The van der Waals surface area contributed by atoms with Gasteiger partial charge in [0, 0.05) is 6.04 Å². The highest BCUT2D eigenvalue weighted by Crippen LogP contribution is 2.16. The third-order valence-electron chi connectivity index (χ3n) is 2.55. The quantitative estimate of drug-likeness (QED) is 0.929. The molecule has 0 saturated carbocycles. The molecule has 0 aliphatic heterocycles. The van der Waals surface area contributed by atoms with E-state index in [9.17, 15) is 8.42 Å². The second-order valence-electron chi connectivity index (χ2n) is 4.63. The van der Waals surface area contributed by atoms with E-state index in [1.54, 1.807) is 25.5 Å². The molecule has 0 atom stereocenters. The molecule has 19 heavy (non-hydrogen) atoms. The van der Waals surface area contributed by atoms with Gasteiger partial charge in [-0.2, -0.15) is 5.10 Å². The van der Waals surface area contributed by atoms with Crippen LogP contribution in [0, 0.1) is 6.92 Å². The first-order valence-corrected chi connectivity index (χ1v) is 7.52. The number of aryl methyl sites for hydroxylation is 1. The summed E-state index contributed by atoms with van der Waals surface area (Å²) in [6.07, 6.45) is 1.54. The molecule has 0 radical (unpaired) electrons. The molecule has 0 spiro atoms. The highest BCUT2D eigenvalue weighted by molar-refractivity contribution is 7.89. The molecule has 2 rings (SSSR count). The Labute approximate surface area is 113 Å². The summed E-state index contributed by atoms with van der Waals surface area (Å²) in [6, 6.07) is 9.26. The van der Waals surface area contributed by atoms with Gasteiger partial charge in [-0.15, -0.1) is 0 Å². The van der Waals surface area contributed by atoms with Gasteiger partial charge in [-0.1, -0.05) is 18.2 Å². The molecule has 1 aromatic heterocycles. The van der Waals surface area contributed by atoms with Crippen molar-refractivity contribution >= 4 is 10.0 Å². The van der Waals surface area contributed by atoms with Crippen LogP contribution in [0.3, 0.4) is 0 Å². The average Bonchev–Trinajstić information content (AvgIpc) is 2.72. The van der Waals surface area contributed by atoms with E-state index in [1.165, 1.54) is 6.20 Å². The van der Waals surface area contributed by atoms with Crippen molar-refractivity contribution in [2.75, 3.05) is 0 Å². The minimum atomic E-state index is -3.51. The van der Waals surface area contributed by atoms with Crippen molar-refractivity contribution in [3.63, 3.8) is 0 Å². The normalized spacial score (nSPS) is 12.0. The van der Waals surface area contributed by atoms with Gasteiger partial charge in [0.1, 0.15) is 4.90 Å². The number of benzene rings is 1. The first kappa shape index (κ1) is 13.8. The standard InChI is InChI=1S/C13H17N3O2S/c1-10(2)15-19(17,18)13-9-16(14-11(13)3)12-7-5-4-6-8-12/h4-10,15H,1-3H3. The van der Waals surface area contributed by atoms with Crippen LogP contribution in [-0.4, -0.2) is 24.2 Å². The summed E-state index contributed by atoms with van der Waals surface area (Å²) in [7, 11) is -3.51. The largest absolute Gasteiger partial charge is 0.244 e. The summed E-state index contributed by atoms with van der Waals surface area (Å²) in [5.41, 5.74) is 1.31. The summed E-state index contributed by atoms with van der Waals surface area (Å²) in [5.74, 6) is 0. The molecule has 6 heteroatoms. The molecule has 2 aromatic rings. The van der Waals surface area contributed by atoms with Crippen LogP contribution in [0.1, 0.15) is 19.5 Å². The highest BCUT2D eigenvalue weighted by atomic mass is 32.2. The first-order chi connectivity index (χ1) is 8.90. The van der Waals surface area contributed by atoms with E-state index in [2.05, 4.69) is 9.82 Å².